The fourth-order valence-electron chi connectivity index (χ4n) is 1.21. The molecule has 0 atom stereocenters. The molecular weight excluding hydrogens is 191 g/mol. The molecule has 0 N–H and O–H groups in total. The minimum Gasteiger partial charge on any atom is -0.486 e. The van der Waals surface area contributed by atoms with Crippen LogP contribution in [-0.2, 0) is 0 Å². The molecule has 0 fully saturated rings. The summed E-state index contributed by atoms with van der Waals surface area (Å²) in [6.07, 6.45) is 7.46. The van der Waals surface area contributed by atoms with Gasteiger partial charge < -0.3 is 4.74 Å². The number of benzene rings is 1. The van der Waals surface area contributed by atoms with Crippen LogP contribution in [0.3, 0.4) is 0 Å². The van der Waals surface area contributed by atoms with E-state index in [1.165, 1.54) is 18.9 Å². The summed E-state index contributed by atoms with van der Waals surface area (Å²) in [4.78, 5) is 0. The molecule has 0 heterocycles. The van der Waals surface area contributed by atoms with Gasteiger partial charge >= 0.3 is 0 Å². The Bertz CT molecular complexity index is 307. The second-order valence-corrected chi connectivity index (χ2v) is 3.36. The molecule has 1 aromatic carbocycles. The van der Waals surface area contributed by atoms with Crippen LogP contribution in [0.1, 0.15) is 26.2 Å². The van der Waals surface area contributed by atoms with E-state index in [1.807, 2.05) is 6.08 Å². The largest absolute Gasteiger partial charge is 0.486 e. The minimum absolute atomic E-state index is 0.306. The van der Waals surface area contributed by atoms with Crippen molar-refractivity contribution in [2.45, 2.75) is 26.2 Å². The number of hydrogen-bond acceptors (Lipinski definition) is 1. The monoisotopic (exact) mass is 208 g/mol. The van der Waals surface area contributed by atoms with E-state index in [2.05, 4.69) is 13.0 Å². The summed E-state index contributed by atoms with van der Waals surface area (Å²) < 4.78 is 18.3. The molecule has 0 aliphatic carbocycles. The molecule has 1 aromatic rings. The zero-order valence-corrected chi connectivity index (χ0v) is 9.08. The highest BCUT2D eigenvalue weighted by Gasteiger charge is 1.98. The molecule has 0 radical (unpaired) electrons. The third-order valence-corrected chi connectivity index (χ3v) is 2.06. The Labute approximate surface area is 90.6 Å². The van der Waals surface area contributed by atoms with Gasteiger partial charge in [-0.1, -0.05) is 44.1 Å². The van der Waals surface area contributed by atoms with E-state index < -0.39 is 0 Å². The average molecular weight is 208 g/mol. The standard InChI is InChI=1S/C13H17FO/c1-2-3-4-5-8-11-15-13-10-7-6-9-12(13)14/h5-10H,2-4,11H2,1H3/b8-5+. The molecule has 0 unspecified atom stereocenters. The molecule has 82 valence electrons. The summed E-state index contributed by atoms with van der Waals surface area (Å²) in [7, 11) is 0. The topological polar surface area (TPSA) is 9.23 Å². The Morgan fingerprint density at radius 2 is 2.07 bits per heavy atom. The molecule has 0 aliphatic rings. The molecule has 1 rings (SSSR count). The van der Waals surface area contributed by atoms with Gasteiger partial charge in [-0.15, -0.1) is 0 Å². The first-order valence-electron chi connectivity index (χ1n) is 5.37. The summed E-state index contributed by atoms with van der Waals surface area (Å²) >= 11 is 0. The Kier molecular flexibility index (Phi) is 5.52. The van der Waals surface area contributed by atoms with Crippen molar-refractivity contribution in [2.75, 3.05) is 6.61 Å². The van der Waals surface area contributed by atoms with Gasteiger partial charge in [0.05, 0.1) is 0 Å². The lowest BCUT2D eigenvalue weighted by Gasteiger charge is -2.03. The van der Waals surface area contributed by atoms with E-state index in [-0.39, 0.29) is 5.82 Å². The lowest BCUT2D eigenvalue weighted by Crippen LogP contribution is -1.95. The third kappa shape index (κ3) is 4.63. The SMILES string of the molecule is CCCC/C=C/COc1ccccc1F. The molecule has 0 saturated heterocycles. The number of unbranched alkanes of at least 4 members (excludes halogenated alkanes) is 2. The second-order valence-electron chi connectivity index (χ2n) is 3.36. The zero-order chi connectivity index (χ0) is 10.9. The van der Waals surface area contributed by atoms with Crippen LogP contribution in [0.2, 0.25) is 0 Å². The van der Waals surface area contributed by atoms with Crippen LogP contribution in [0.5, 0.6) is 5.75 Å². The van der Waals surface area contributed by atoms with Gasteiger partial charge in [-0.25, -0.2) is 4.39 Å². The maximum absolute atomic E-state index is 13.1. The van der Waals surface area contributed by atoms with Gasteiger partial charge in [-0.2, -0.15) is 0 Å². The van der Waals surface area contributed by atoms with E-state index >= 15 is 0 Å². The van der Waals surface area contributed by atoms with Gasteiger partial charge in [0.25, 0.3) is 0 Å². The molecule has 0 aromatic heterocycles. The normalized spacial score (nSPS) is 10.8. The Hall–Kier alpha value is -1.31. The zero-order valence-electron chi connectivity index (χ0n) is 9.08. The Morgan fingerprint density at radius 3 is 2.80 bits per heavy atom. The van der Waals surface area contributed by atoms with Crippen molar-refractivity contribution in [1.82, 2.24) is 0 Å². The average Bonchev–Trinajstić information content (AvgIpc) is 2.25. The number of para-hydroxylation sites is 1. The molecule has 0 aliphatic heterocycles. The Morgan fingerprint density at radius 1 is 1.27 bits per heavy atom. The first-order chi connectivity index (χ1) is 7.34. The van der Waals surface area contributed by atoms with Gasteiger partial charge in [0.1, 0.15) is 6.61 Å². The number of hydrogen-bond donors (Lipinski definition) is 0. The molecule has 0 saturated carbocycles. The molecule has 0 bridgehead atoms. The van der Waals surface area contributed by atoms with Crippen molar-refractivity contribution in [3.63, 3.8) is 0 Å². The molecule has 0 amide bonds. The number of allylic oxidation sites excluding steroid dienone is 1. The van der Waals surface area contributed by atoms with Crippen LogP contribution in [0.4, 0.5) is 4.39 Å². The predicted molar refractivity (Wildman–Crippen MR) is 60.6 cm³/mol. The lowest BCUT2D eigenvalue weighted by atomic mass is 10.2. The second kappa shape index (κ2) is 7.04. The number of rotatable bonds is 6. The summed E-state index contributed by atoms with van der Waals surface area (Å²) in [6, 6.07) is 6.45. The maximum Gasteiger partial charge on any atom is 0.165 e. The van der Waals surface area contributed by atoms with Gasteiger partial charge in [0, 0.05) is 0 Å². The van der Waals surface area contributed by atoms with Crippen LogP contribution in [0, 0.1) is 5.82 Å². The first-order valence-corrected chi connectivity index (χ1v) is 5.37. The smallest absolute Gasteiger partial charge is 0.165 e. The van der Waals surface area contributed by atoms with Crippen molar-refractivity contribution in [3.05, 3.63) is 42.2 Å². The molecule has 1 nitrogen and oxygen atoms in total. The predicted octanol–water partition coefficient (Wildman–Crippen LogP) is 3.95. The maximum atomic E-state index is 13.1. The highest BCUT2D eigenvalue weighted by molar-refractivity contribution is 5.23. The summed E-state index contributed by atoms with van der Waals surface area (Å²) in [5.41, 5.74) is 0. The van der Waals surface area contributed by atoms with Gasteiger partial charge in [0.15, 0.2) is 11.6 Å². The highest BCUT2D eigenvalue weighted by atomic mass is 19.1. The van der Waals surface area contributed by atoms with Crippen LogP contribution in [0.25, 0.3) is 0 Å². The van der Waals surface area contributed by atoms with Crippen molar-refractivity contribution < 1.29 is 9.13 Å². The van der Waals surface area contributed by atoms with E-state index in [0.29, 0.717) is 12.4 Å². The van der Waals surface area contributed by atoms with Gasteiger partial charge in [-0.3, -0.25) is 0 Å². The summed E-state index contributed by atoms with van der Waals surface area (Å²) in [5.74, 6) is 0.0112. The lowest BCUT2D eigenvalue weighted by molar-refractivity contribution is 0.341. The van der Waals surface area contributed by atoms with Crippen LogP contribution in [-0.4, -0.2) is 6.61 Å². The summed E-state index contributed by atoms with van der Waals surface area (Å²) in [5, 5.41) is 0. The first kappa shape index (κ1) is 11.8. The highest BCUT2D eigenvalue weighted by Crippen LogP contribution is 2.14. The molecular formula is C13H17FO. The molecule has 0 spiro atoms. The van der Waals surface area contributed by atoms with Crippen molar-refractivity contribution >= 4 is 0 Å². The number of halogens is 1. The van der Waals surface area contributed by atoms with E-state index in [0.717, 1.165) is 6.42 Å². The number of ether oxygens (including phenoxy) is 1. The van der Waals surface area contributed by atoms with E-state index in [9.17, 15) is 4.39 Å². The fraction of sp³-hybridized carbons (Fsp3) is 0.385. The third-order valence-electron chi connectivity index (χ3n) is 2.06. The minimum atomic E-state index is -0.306. The fourth-order valence-corrected chi connectivity index (χ4v) is 1.21. The quantitative estimate of drug-likeness (QED) is 0.508. The van der Waals surface area contributed by atoms with Crippen molar-refractivity contribution in [1.29, 1.82) is 0 Å². The van der Waals surface area contributed by atoms with Crippen LogP contribution < -0.4 is 4.74 Å². The van der Waals surface area contributed by atoms with Gasteiger partial charge in [0.2, 0.25) is 0 Å². The van der Waals surface area contributed by atoms with Crippen molar-refractivity contribution in [2.24, 2.45) is 0 Å². The van der Waals surface area contributed by atoms with Gasteiger partial charge in [-0.05, 0) is 18.6 Å². The van der Waals surface area contributed by atoms with Crippen molar-refractivity contribution in [3.8, 4) is 5.75 Å². The van der Waals surface area contributed by atoms with Crippen LogP contribution >= 0.6 is 0 Å². The van der Waals surface area contributed by atoms with E-state index in [4.69, 9.17) is 4.74 Å². The Balaban J connectivity index is 2.26. The molecule has 15 heavy (non-hydrogen) atoms. The van der Waals surface area contributed by atoms with Crippen LogP contribution in [0.15, 0.2) is 36.4 Å². The molecule has 2 heteroatoms. The van der Waals surface area contributed by atoms with E-state index in [1.54, 1.807) is 18.2 Å². The summed E-state index contributed by atoms with van der Waals surface area (Å²) in [6.45, 7) is 2.59.